The van der Waals surface area contributed by atoms with E-state index < -0.39 is 0 Å². The first-order valence-electron chi connectivity index (χ1n) is 6.06. The van der Waals surface area contributed by atoms with Crippen molar-refractivity contribution < 1.29 is 9.59 Å². The summed E-state index contributed by atoms with van der Waals surface area (Å²) in [7, 11) is 1.68. The lowest BCUT2D eigenvalue weighted by molar-refractivity contribution is -0.130. The van der Waals surface area contributed by atoms with Crippen LogP contribution in [0.2, 0.25) is 0 Å². The molecule has 0 bridgehead atoms. The Bertz CT molecular complexity index is 316. The highest BCUT2D eigenvalue weighted by atomic mass is 16.2. The number of carbonyl (C=O) groups excluding carboxylic acids is 2. The molecule has 2 unspecified atom stereocenters. The van der Waals surface area contributed by atoms with Gasteiger partial charge in [0.2, 0.25) is 5.91 Å². The Hall–Kier alpha value is -0.900. The van der Waals surface area contributed by atoms with Gasteiger partial charge in [-0.05, 0) is 32.7 Å². The molecule has 1 aliphatic heterocycles. The Morgan fingerprint density at radius 2 is 2.31 bits per heavy atom. The molecular formula is C12H20N2O2. The van der Waals surface area contributed by atoms with E-state index >= 15 is 0 Å². The van der Waals surface area contributed by atoms with Crippen LogP contribution in [0.1, 0.15) is 32.6 Å². The maximum absolute atomic E-state index is 11.8. The summed E-state index contributed by atoms with van der Waals surface area (Å²) in [5, 5.41) is 2.72. The summed E-state index contributed by atoms with van der Waals surface area (Å²) >= 11 is 0. The monoisotopic (exact) mass is 224 g/mol. The number of Topliss-reactive ketones (excluding diaryl/α,β-unsaturated/α-hetero) is 1. The second-order valence-electron chi connectivity index (χ2n) is 5.23. The minimum Gasteiger partial charge on any atom is -0.359 e. The molecule has 1 saturated heterocycles. The third kappa shape index (κ3) is 1.86. The van der Waals surface area contributed by atoms with Crippen molar-refractivity contribution in [1.82, 2.24) is 10.2 Å². The Balaban J connectivity index is 2.02. The molecule has 90 valence electrons. The van der Waals surface area contributed by atoms with Gasteiger partial charge < -0.3 is 5.32 Å². The number of amides is 1. The highest BCUT2D eigenvalue weighted by molar-refractivity contribution is 5.86. The van der Waals surface area contributed by atoms with E-state index in [1.165, 1.54) is 0 Å². The molecule has 0 radical (unpaired) electrons. The smallest absolute Gasteiger partial charge is 0.227 e. The molecule has 1 amide bonds. The van der Waals surface area contributed by atoms with Gasteiger partial charge in [-0.3, -0.25) is 14.5 Å². The topological polar surface area (TPSA) is 49.4 Å². The van der Waals surface area contributed by atoms with Crippen LogP contribution in [0, 0.1) is 5.41 Å². The number of likely N-dealkylation sites (tertiary alicyclic amines) is 1. The zero-order chi connectivity index (χ0) is 11.8. The van der Waals surface area contributed by atoms with Gasteiger partial charge >= 0.3 is 0 Å². The molecular weight excluding hydrogens is 204 g/mol. The zero-order valence-corrected chi connectivity index (χ0v) is 10.1. The summed E-state index contributed by atoms with van der Waals surface area (Å²) in [5.74, 6) is 0.460. The Morgan fingerprint density at radius 1 is 1.56 bits per heavy atom. The van der Waals surface area contributed by atoms with Crippen molar-refractivity contribution >= 4 is 11.7 Å². The second kappa shape index (κ2) is 4.17. The first-order chi connectivity index (χ1) is 7.57. The normalized spacial score (nSPS) is 35.6. The molecule has 0 aromatic carbocycles. The molecule has 16 heavy (non-hydrogen) atoms. The molecule has 0 aromatic rings. The SMILES string of the molecule is CNC(=O)C1(C)CCN(C2CCCC2=O)C1. The quantitative estimate of drug-likeness (QED) is 0.746. The standard InChI is InChI=1S/C12H20N2O2/c1-12(11(16)13-2)6-7-14(8-12)9-4-3-5-10(9)15/h9H,3-8H2,1-2H3,(H,13,16). The van der Waals surface area contributed by atoms with Crippen molar-refractivity contribution in [2.45, 2.75) is 38.6 Å². The average Bonchev–Trinajstić information content (AvgIpc) is 2.84. The molecule has 0 spiro atoms. The fourth-order valence-corrected chi connectivity index (χ4v) is 2.93. The van der Waals surface area contributed by atoms with Gasteiger partial charge in [-0.2, -0.15) is 0 Å². The van der Waals surface area contributed by atoms with E-state index in [9.17, 15) is 9.59 Å². The fraction of sp³-hybridized carbons (Fsp3) is 0.833. The van der Waals surface area contributed by atoms with Gasteiger partial charge in [-0.1, -0.05) is 0 Å². The molecule has 1 N–H and O–H groups in total. The summed E-state index contributed by atoms with van der Waals surface area (Å²) in [6, 6.07) is 0.0893. The predicted octanol–water partition coefficient (Wildman–Crippen LogP) is 0.566. The van der Waals surface area contributed by atoms with Gasteiger partial charge in [0, 0.05) is 20.0 Å². The van der Waals surface area contributed by atoms with E-state index in [1.807, 2.05) is 6.92 Å². The molecule has 0 aromatic heterocycles. The summed E-state index contributed by atoms with van der Waals surface area (Å²) in [6.45, 7) is 3.59. The van der Waals surface area contributed by atoms with E-state index in [-0.39, 0.29) is 17.4 Å². The zero-order valence-electron chi connectivity index (χ0n) is 10.1. The van der Waals surface area contributed by atoms with Gasteiger partial charge in [0.25, 0.3) is 0 Å². The van der Waals surface area contributed by atoms with Crippen molar-refractivity contribution in [1.29, 1.82) is 0 Å². The molecule has 4 heteroatoms. The van der Waals surface area contributed by atoms with Crippen LogP contribution in [-0.4, -0.2) is 42.8 Å². The minimum absolute atomic E-state index is 0.0893. The van der Waals surface area contributed by atoms with Crippen LogP contribution < -0.4 is 5.32 Å². The third-order valence-electron chi connectivity index (χ3n) is 3.99. The van der Waals surface area contributed by atoms with E-state index in [0.717, 1.165) is 38.8 Å². The average molecular weight is 224 g/mol. The molecule has 4 nitrogen and oxygen atoms in total. The Morgan fingerprint density at radius 3 is 2.88 bits per heavy atom. The Kier molecular flexibility index (Phi) is 3.02. The van der Waals surface area contributed by atoms with Crippen LogP contribution in [0.4, 0.5) is 0 Å². The number of ketones is 1. The minimum atomic E-state index is -0.308. The molecule has 2 atom stereocenters. The van der Waals surface area contributed by atoms with Crippen LogP contribution in [0.25, 0.3) is 0 Å². The van der Waals surface area contributed by atoms with Crippen LogP contribution in [0.5, 0.6) is 0 Å². The van der Waals surface area contributed by atoms with Crippen molar-refractivity contribution in [3.8, 4) is 0 Å². The molecule has 2 fully saturated rings. The van der Waals surface area contributed by atoms with E-state index in [1.54, 1.807) is 7.05 Å². The van der Waals surface area contributed by atoms with Gasteiger partial charge in [-0.25, -0.2) is 0 Å². The number of nitrogens with one attached hydrogen (secondary N) is 1. The molecule has 1 aliphatic carbocycles. The second-order valence-corrected chi connectivity index (χ2v) is 5.23. The van der Waals surface area contributed by atoms with Gasteiger partial charge in [0.15, 0.2) is 0 Å². The molecule has 2 aliphatic rings. The fourth-order valence-electron chi connectivity index (χ4n) is 2.93. The number of hydrogen-bond donors (Lipinski definition) is 1. The number of carbonyl (C=O) groups is 2. The predicted molar refractivity (Wildman–Crippen MR) is 61.0 cm³/mol. The molecule has 1 saturated carbocycles. The maximum Gasteiger partial charge on any atom is 0.227 e. The number of nitrogens with zero attached hydrogens (tertiary/aromatic N) is 1. The molecule has 2 rings (SSSR count). The first kappa shape index (κ1) is 11.6. The van der Waals surface area contributed by atoms with Crippen molar-refractivity contribution in [3.63, 3.8) is 0 Å². The highest BCUT2D eigenvalue weighted by Crippen LogP contribution is 2.34. The largest absolute Gasteiger partial charge is 0.359 e. The van der Waals surface area contributed by atoms with Crippen LogP contribution >= 0.6 is 0 Å². The summed E-state index contributed by atoms with van der Waals surface area (Å²) < 4.78 is 0. The summed E-state index contributed by atoms with van der Waals surface area (Å²) in [4.78, 5) is 25.6. The number of hydrogen-bond acceptors (Lipinski definition) is 3. The lowest BCUT2D eigenvalue weighted by Gasteiger charge is -2.25. The first-order valence-corrected chi connectivity index (χ1v) is 6.06. The Labute approximate surface area is 96.4 Å². The van der Waals surface area contributed by atoms with Gasteiger partial charge in [0.05, 0.1) is 11.5 Å². The van der Waals surface area contributed by atoms with Crippen molar-refractivity contribution in [3.05, 3.63) is 0 Å². The van der Waals surface area contributed by atoms with Crippen LogP contribution in [-0.2, 0) is 9.59 Å². The van der Waals surface area contributed by atoms with Crippen molar-refractivity contribution in [2.75, 3.05) is 20.1 Å². The lowest BCUT2D eigenvalue weighted by Crippen LogP contribution is -2.42. The van der Waals surface area contributed by atoms with E-state index in [4.69, 9.17) is 0 Å². The van der Waals surface area contributed by atoms with E-state index in [2.05, 4.69) is 10.2 Å². The third-order valence-corrected chi connectivity index (χ3v) is 3.99. The number of rotatable bonds is 2. The molecule has 1 heterocycles. The maximum atomic E-state index is 11.8. The van der Waals surface area contributed by atoms with Gasteiger partial charge in [-0.15, -0.1) is 0 Å². The lowest BCUT2D eigenvalue weighted by atomic mass is 9.89. The summed E-state index contributed by atoms with van der Waals surface area (Å²) in [5.41, 5.74) is -0.308. The highest BCUT2D eigenvalue weighted by Gasteiger charge is 2.44. The van der Waals surface area contributed by atoms with Crippen LogP contribution in [0.3, 0.4) is 0 Å². The van der Waals surface area contributed by atoms with Gasteiger partial charge in [0.1, 0.15) is 5.78 Å². The van der Waals surface area contributed by atoms with Crippen molar-refractivity contribution in [2.24, 2.45) is 5.41 Å². The van der Waals surface area contributed by atoms with Crippen LogP contribution in [0.15, 0.2) is 0 Å². The summed E-state index contributed by atoms with van der Waals surface area (Å²) in [6.07, 6.45) is 3.56. The van der Waals surface area contributed by atoms with E-state index in [0.29, 0.717) is 5.78 Å².